The predicted molar refractivity (Wildman–Crippen MR) is 323 cm³/mol. The van der Waals surface area contributed by atoms with Crippen LogP contribution in [-0.4, -0.2) is 143 Å². The normalized spacial score (nSPS) is 14.5. The van der Waals surface area contributed by atoms with Gasteiger partial charge in [0.05, 0.1) is 31.5 Å². The van der Waals surface area contributed by atoms with E-state index in [1.165, 1.54) is 6.92 Å². The van der Waals surface area contributed by atoms with Crippen LogP contribution in [0.25, 0.3) is 0 Å². The molecule has 0 radical (unpaired) electrons. The van der Waals surface area contributed by atoms with Crippen molar-refractivity contribution in [2.75, 3.05) is 6.54 Å². The van der Waals surface area contributed by atoms with Gasteiger partial charge in [-0.3, -0.25) is 57.5 Å². The van der Waals surface area contributed by atoms with E-state index in [-0.39, 0.29) is 31.5 Å². The van der Waals surface area contributed by atoms with E-state index < -0.39 is 156 Å². The third kappa shape index (κ3) is 36.4. The first kappa shape index (κ1) is 78.8. The lowest BCUT2D eigenvalue weighted by Crippen LogP contribution is -2.60. The highest BCUT2D eigenvalue weighted by Crippen LogP contribution is 2.16. The molecule has 0 heterocycles. The van der Waals surface area contributed by atoms with E-state index >= 15 is 0 Å². The molecule has 8 amide bonds. The first-order chi connectivity index (χ1) is 39.5. The highest BCUT2D eigenvalue weighted by molar-refractivity contribution is 5.98. The van der Waals surface area contributed by atoms with Gasteiger partial charge in [0, 0.05) is 6.42 Å². The van der Waals surface area contributed by atoms with Gasteiger partial charge < -0.3 is 62.5 Å². The van der Waals surface area contributed by atoms with Crippen molar-refractivity contribution in [3.63, 3.8) is 0 Å². The number of esters is 3. The van der Waals surface area contributed by atoms with Gasteiger partial charge in [-0.05, 0) is 107 Å². The Morgan fingerprint density at radius 3 is 1.13 bits per heavy atom. The second-order valence-corrected chi connectivity index (χ2v) is 25.3. The van der Waals surface area contributed by atoms with Crippen molar-refractivity contribution < 1.29 is 71.7 Å². The number of rotatable bonds is 41. The summed E-state index contributed by atoms with van der Waals surface area (Å²) in [4.78, 5) is 163. The molecule has 0 saturated heterocycles. The molecule has 0 bridgehead atoms. The van der Waals surface area contributed by atoms with Crippen molar-refractivity contribution >= 4 is 70.9 Å². The predicted octanol–water partition coefficient (Wildman–Crippen LogP) is 4.98. The maximum atomic E-state index is 14.2. The van der Waals surface area contributed by atoms with Gasteiger partial charge in [0.15, 0.2) is 5.78 Å². The fourth-order valence-electron chi connectivity index (χ4n) is 8.60. The Balaban J connectivity index is 6.78. The number of carbonyl (C=O) groups is 12. The summed E-state index contributed by atoms with van der Waals surface area (Å²) in [6.45, 7) is 26.4. The van der Waals surface area contributed by atoms with Crippen LogP contribution < -0.4 is 48.3 Å². The Bertz CT molecular complexity index is 2170. The Hall–Kier alpha value is -6.20. The lowest BCUT2D eigenvalue weighted by atomic mass is 10.0. The highest BCUT2D eigenvalue weighted by atomic mass is 16.6. The highest BCUT2D eigenvalue weighted by Gasteiger charge is 2.36. The Kier molecular flexibility index (Phi) is 37.3. The lowest BCUT2D eigenvalue weighted by molar-refractivity contribution is -0.157. The van der Waals surface area contributed by atoms with Crippen molar-refractivity contribution in [2.45, 2.75) is 304 Å². The maximum absolute atomic E-state index is 14.2. The first-order valence-corrected chi connectivity index (χ1v) is 30.8. The topological polar surface area (TPSA) is 355 Å². The van der Waals surface area contributed by atoms with Crippen LogP contribution in [0.4, 0.5) is 0 Å². The van der Waals surface area contributed by atoms with Gasteiger partial charge >= 0.3 is 17.9 Å². The fourth-order valence-corrected chi connectivity index (χ4v) is 8.60. The standard InChI is InChI=1S/C61H109N9O15/c1-17-21-25-29-41(39(7)71)65-55(79)43(31-27-23-19-3)68-56(80)44(32-28-24-20-4)67-54(78)42(30-26-22-18-2)64-47(72)37-63-53(77)46(36-50(75)85-61(14,15)16)69-58(82)51(38(5)6)70-57(81)45(33-34-48(73)83-59(8,9)10)66-52(76)40(62)35-49(74)84-60(11,12)13/h38,40-46,51H,17-37,62H2,1-16H3,(H,63,77)(H,64,72)(H,65,79)(H,66,76)(H,67,78)(H,68,80)(H,69,82)(H,70,81)/t40-,41-,42-,43-,44-,45-,46-,51-/m0/s1. The number of hydrogen-bond acceptors (Lipinski definition) is 16. The van der Waals surface area contributed by atoms with E-state index in [4.69, 9.17) is 19.9 Å². The van der Waals surface area contributed by atoms with Gasteiger partial charge in [-0.2, -0.15) is 0 Å². The number of hydrogen-bond donors (Lipinski definition) is 9. The molecule has 0 aliphatic rings. The Labute approximate surface area is 506 Å². The van der Waals surface area contributed by atoms with Crippen molar-refractivity contribution in [2.24, 2.45) is 11.7 Å². The van der Waals surface area contributed by atoms with E-state index in [0.29, 0.717) is 38.5 Å². The molecule has 10 N–H and O–H groups in total. The van der Waals surface area contributed by atoms with Crippen LogP contribution in [0.1, 0.15) is 239 Å². The maximum Gasteiger partial charge on any atom is 0.308 e. The van der Waals surface area contributed by atoms with Gasteiger partial charge in [-0.15, -0.1) is 0 Å². The van der Waals surface area contributed by atoms with E-state index in [9.17, 15) is 57.5 Å². The van der Waals surface area contributed by atoms with Gasteiger partial charge in [-0.1, -0.05) is 119 Å². The SMILES string of the molecule is CCCCC[C@H](NC(=O)[C@H](CCCCC)NC(=O)[C@H](CCCCC)NC(=O)[C@H](CCCCC)NC(=O)CNC(=O)[C@H](CC(=O)OC(C)(C)C)NC(=O)[C@@H](NC(=O)[C@H](CCC(=O)OC(C)(C)C)NC(=O)[C@@H](N)CC(=O)OC(C)(C)C)C(C)C)C(C)=O. The third-order valence-electron chi connectivity index (χ3n) is 13.0. The van der Waals surface area contributed by atoms with Crippen molar-refractivity contribution in [3.8, 4) is 0 Å². The van der Waals surface area contributed by atoms with Gasteiger partial charge in [0.25, 0.3) is 0 Å². The van der Waals surface area contributed by atoms with Crippen LogP contribution in [0.5, 0.6) is 0 Å². The summed E-state index contributed by atoms with van der Waals surface area (Å²) >= 11 is 0. The lowest BCUT2D eigenvalue weighted by Gasteiger charge is -2.28. The molecule has 488 valence electrons. The minimum Gasteiger partial charge on any atom is -0.460 e. The quantitative estimate of drug-likeness (QED) is 0.0221. The molecule has 0 saturated carbocycles. The fraction of sp³-hybridized carbons (Fsp3) is 0.803. The van der Waals surface area contributed by atoms with E-state index in [1.807, 2.05) is 27.7 Å². The summed E-state index contributed by atoms with van der Waals surface area (Å²) in [6.07, 6.45) is 8.05. The molecule has 8 atom stereocenters. The van der Waals surface area contributed by atoms with Crippen LogP contribution in [0.3, 0.4) is 0 Å². The summed E-state index contributed by atoms with van der Waals surface area (Å²) in [7, 11) is 0. The van der Waals surface area contributed by atoms with Gasteiger partial charge in [0.2, 0.25) is 47.3 Å². The minimum atomic E-state index is -1.70. The van der Waals surface area contributed by atoms with Crippen LogP contribution in [-0.2, 0) is 71.7 Å². The van der Waals surface area contributed by atoms with E-state index in [0.717, 1.165) is 51.4 Å². The zero-order valence-corrected chi connectivity index (χ0v) is 54.2. The Morgan fingerprint density at radius 2 is 0.729 bits per heavy atom. The van der Waals surface area contributed by atoms with Crippen molar-refractivity contribution in [3.05, 3.63) is 0 Å². The number of ketones is 1. The second kappa shape index (κ2) is 40.2. The van der Waals surface area contributed by atoms with Crippen molar-refractivity contribution in [1.82, 2.24) is 42.5 Å². The number of nitrogens with two attached hydrogens (primary N) is 1. The average Bonchev–Trinajstić information content (AvgIpc) is 3.58. The average molecular weight is 1210 g/mol. The monoisotopic (exact) mass is 1210 g/mol. The molecule has 0 unspecified atom stereocenters. The van der Waals surface area contributed by atoms with Gasteiger partial charge in [-0.25, -0.2) is 0 Å². The Morgan fingerprint density at radius 1 is 0.388 bits per heavy atom. The molecule has 24 heteroatoms. The number of Topliss-reactive ketones (excluding diaryl/α,β-unsaturated/α-hetero) is 1. The van der Waals surface area contributed by atoms with Gasteiger partial charge in [0.1, 0.15) is 53.1 Å². The van der Waals surface area contributed by atoms with Crippen LogP contribution in [0.2, 0.25) is 0 Å². The van der Waals surface area contributed by atoms with E-state index in [1.54, 1.807) is 76.2 Å². The third-order valence-corrected chi connectivity index (χ3v) is 13.0. The minimum absolute atomic E-state index is 0.152. The van der Waals surface area contributed by atoms with Crippen molar-refractivity contribution in [1.29, 1.82) is 0 Å². The largest absolute Gasteiger partial charge is 0.460 e. The zero-order valence-electron chi connectivity index (χ0n) is 54.2. The summed E-state index contributed by atoms with van der Waals surface area (Å²) in [5.41, 5.74) is 3.26. The number of unbranched alkanes of at least 4 members (excludes halogenated alkanes) is 8. The number of amides is 8. The summed E-state index contributed by atoms with van der Waals surface area (Å²) in [5.74, 6) is -9.76. The summed E-state index contributed by atoms with van der Waals surface area (Å²) < 4.78 is 16.1. The van der Waals surface area contributed by atoms with E-state index in [2.05, 4.69) is 42.5 Å². The molecular weight excluding hydrogens is 1100 g/mol. The second-order valence-electron chi connectivity index (χ2n) is 25.3. The number of carbonyl (C=O) groups excluding carboxylic acids is 12. The molecule has 0 fully saturated rings. The molecule has 0 spiro atoms. The molecule has 0 rings (SSSR count). The number of nitrogens with one attached hydrogen (secondary N) is 8. The molecule has 85 heavy (non-hydrogen) atoms. The molecule has 0 aromatic rings. The molecule has 0 aliphatic heterocycles. The molecule has 24 nitrogen and oxygen atoms in total. The van der Waals surface area contributed by atoms with Crippen LogP contribution in [0.15, 0.2) is 0 Å². The number of ether oxygens (including phenoxy) is 3. The van der Waals surface area contributed by atoms with Crippen LogP contribution in [0, 0.1) is 5.92 Å². The first-order valence-electron chi connectivity index (χ1n) is 30.8. The molecule has 0 aromatic carbocycles. The smallest absolute Gasteiger partial charge is 0.308 e. The molecule has 0 aliphatic carbocycles. The molecule has 0 aromatic heterocycles. The summed E-state index contributed by atoms with van der Waals surface area (Å²) in [6, 6.07) is -10.1. The summed E-state index contributed by atoms with van der Waals surface area (Å²) in [5, 5.41) is 21.1. The zero-order chi connectivity index (χ0) is 65.3. The van der Waals surface area contributed by atoms with Crippen LogP contribution >= 0.6 is 0 Å². The molecular formula is C61H109N9O15.